The molecule has 0 unspecified atom stereocenters. The van der Waals surface area contributed by atoms with Crippen molar-refractivity contribution in [1.29, 1.82) is 0 Å². The second kappa shape index (κ2) is 6.40. The molecule has 0 spiro atoms. The van der Waals surface area contributed by atoms with E-state index in [0.717, 1.165) is 18.2 Å². The van der Waals surface area contributed by atoms with Crippen molar-refractivity contribution in [2.75, 3.05) is 23.9 Å². The lowest BCUT2D eigenvalue weighted by Crippen LogP contribution is -2.08. The Labute approximate surface area is 108 Å². The number of hydrogen-bond donors (Lipinski definition) is 1. The third-order valence-corrected chi connectivity index (χ3v) is 3.15. The summed E-state index contributed by atoms with van der Waals surface area (Å²) in [5.41, 5.74) is -0.350. The third-order valence-electron chi connectivity index (χ3n) is 2.13. The molecule has 0 atom stereocenters. The molecule has 1 aromatic rings. The smallest absolute Gasteiger partial charge is 0.385 e. The summed E-state index contributed by atoms with van der Waals surface area (Å²) in [5.74, 6) is 0.979. The Morgan fingerprint density at radius 3 is 2.65 bits per heavy atom. The van der Waals surface area contributed by atoms with E-state index < -0.39 is 11.7 Å². The molecule has 0 bridgehead atoms. The van der Waals surface area contributed by atoms with Crippen molar-refractivity contribution in [1.82, 2.24) is 0 Å². The molecule has 1 nitrogen and oxygen atoms in total. The van der Waals surface area contributed by atoms with Crippen molar-refractivity contribution in [2.45, 2.75) is 12.6 Å². The zero-order chi connectivity index (χ0) is 12.9. The monoisotopic (exact) mass is 283 g/mol. The zero-order valence-electron chi connectivity index (χ0n) is 9.27. The Balaban J connectivity index is 2.69. The minimum atomic E-state index is -4.41. The van der Waals surface area contributed by atoms with Crippen LogP contribution in [0.25, 0.3) is 0 Å². The van der Waals surface area contributed by atoms with Gasteiger partial charge in [0.15, 0.2) is 0 Å². The van der Waals surface area contributed by atoms with Gasteiger partial charge in [-0.25, -0.2) is 0 Å². The number of rotatable bonds is 5. The second-order valence-electron chi connectivity index (χ2n) is 3.47. The van der Waals surface area contributed by atoms with E-state index >= 15 is 0 Å². The number of halogens is 4. The fraction of sp³-hybridized carbons (Fsp3) is 0.455. The van der Waals surface area contributed by atoms with Crippen LogP contribution in [0.5, 0.6) is 0 Å². The van der Waals surface area contributed by atoms with Gasteiger partial charge in [0.05, 0.1) is 10.6 Å². The average Bonchev–Trinajstić information content (AvgIpc) is 2.25. The van der Waals surface area contributed by atoms with Crippen LogP contribution in [0, 0.1) is 0 Å². The Morgan fingerprint density at radius 1 is 1.35 bits per heavy atom. The van der Waals surface area contributed by atoms with Gasteiger partial charge in [-0.05, 0) is 36.6 Å². The maximum absolute atomic E-state index is 12.6. The Bertz CT molecular complexity index is 368. The summed E-state index contributed by atoms with van der Waals surface area (Å²) >= 11 is 7.22. The van der Waals surface area contributed by atoms with Crippen LogP contribution in [0.3, 0.4) is 0 Å². The van der Waals surface area contributed by atoms with Crippen LogP contribution in [0.2, 0.25) is 5.02 Å². The fourth-order valence-corrected chi connectivity index (χ4v) is 1.96. The van der Waals surface area contributed by atoms with Crippen LogP contribution in [0.15, 0.2) is 18.2 Å². The number of benzene rings is 1. The molecule has 0 aromatic heterocycles. The minimum Gasteiger partial charge on any atom is -0.385 e. The number of hydrogen-bond acceptors (Lipinski definition) is 2. The van der Waals surface area contributed by atoms with Crippen molar-refractivity contribution in [2.24, 2.45) is 0 Å². The van der Waals surface area contributed by atoms with Gasteiger partial charge >= 0.3 is 6.18 Å². The lowest BCUT2D eigenvalue weighted by atomic mass is 10.2. The van der Waals surface area contributed by atoms with Crippen molar-refractivity contribution in [3.8, 4) is 0 Å². The molecule has 0 fully saturated rings. The number of nitrogens with one attached hydrogen (secondary N) is 1. The topological polar surface area (TPSA) is 12.0 Å². The van der Waals surface area contributed by atoms with Crippen molar-refractivity contribution in [3.63, 3.8) is 0 Å². The van der Waals surface area contributed by atoms with Crippen LogP contribution < -0.4 is 5.32 Å². The predicted octanol–water partition coefficient (Wildman–Crippen LogP) is 4.52. The Morgan fingerprint density at radius 2 is 2.06 bits per heavy atom. The van der Waals surface area contributed by atoms with Gasteiger partial charge in [-0.2, -0.15) is 24.9 Å². The highest BCUT2D eigenvalue weighted by Crippen LogP contribution is 2.36. The van der Waals surface area contributed by atoms with E-state index in [1.165, 1.54) is 6.07 Å². The highest BCUT2D eigenvalue weighted by Gasteiger charge is 2.33. The first-order chi connectivity index (χ1) is 7.95. The molecule has 1 N–H and O–H groups in total. The summed E-state index contributed by atoms with van der Waals surface area (Å²) in [4.78, 5) is 0. The van der Waals surface area contributed by atoms with Crippen LogP contribution in [0.1, 0.15) is 12.0 Å². The molecule has 0 aliphatic rings. The number of alkyl halides is 3. The van der Waals surface area contributed by atoms with Gasteiger partial charge < -0.3 is 5.32 Å². The summed E-state index contributed by atoms with van der Waals surface area (Å²) in [6, 6.07) is 3.86. The first-order valence-corrected chi connectivity index (χ1v) is 6.82. The molecule has 0 saturated heterocycles. The summed E-state index contributed by atoms with van der Waals surface area (Å²) in [6.07, 6.45) is -1.51. The molecular weight excluding hydrogens is 271 g/mol. The minimum absolute atomic E-state index is 0.271. The van der Waals surface area contributed by atoms with E-state index in [2.05, 4.69) is 5.32 Å². The summed E-state index contributed by atoms with van der Waals surface area (Å²) in [7, 11) is 0. The van der Waals surface area contributed by atoms with E-state index in [9.17, 15) is 13.2 Å². The maximum atomic E-state index is 12.6. The standard InChI is InChI=1S/C11H13ClF3NS/c1-17-6-2-5-16-8-3-4-10(12)9(7-8)11(13,14)15/h3-4,7,16H,2,5-6H2,1H3. The predicted molar refractivity (Wildman–Crippen MR) is 67.9 cm³/mol. The molecular formula is C11H13ClF3NS. The van der Waals surface area contributed by atoms with Gasteiger partial charge in [-0.15, -0.1) is 0 Å². The normalized spacial score (nSPS) is 11.6. The Hall–Kier alpha value is -0.550. The van der Waals surface area contributed by atoms with Gasteiger partial charge in [0.2, 0.25) is 0 Å². The quantitative estimate of drug-likeness (QED) is 0.797. The molecule has 1 rings (SSSR count). The van der Waals surface area contributed by atoms with Crippen molar-refractivity contribution < 1.29 is 13.2 Å². The molecule has 6 heteroatoms. The van der Waals surface area contributed by atoms with E-state index in [1.807, 2.05) is 6.26 Å². The molecule has 96 valence electrons. The summed E-state index contributed by atoms with van der Waals surface area (Å²) in [6.45, 7) is 0.653. The summed E-state index contributed by atoms with van der Waals surface area (Å²) < 4.78 is 37.7. The molecule has 0 radical (unpaired) electrons. The van der Waals surface area contributed by atoms with E-state index in [4.69, 9.17) is 11.6 Å². The molecule has 17 heavy (non-hydrogen) atoms. The molecule has 1 aromatic carbocycles. The van der Waals surface area contributed by atoms with Gasteiger partial charge in [0.25, 0.3) is 0 Å². The van der Waals surface area contributed by atoms with Crippen LogP contribution >= 0.6 is 23.4 Å². The van der Waals surface area contributed by atoms with Gasteiger partial charge in [0, 0.05) is 12.2 Å². The van der Waals surface area contributed by atoms with E-state index in [-0.39, 0.29) is 5.02 Å². The number of anilines is 1. The lowest BCUT2D eigenvalue weighted by molar-refractivity contribution is -0.137. The molecule has 0 amide bonds. The third kappa shape index (κ3) is 4.68. The first kappa shape index (κ1) is 14.5. The van der Waals surface area contributed by atoms with Crippen molar-refractivity contribution >= 4 is 29.1 Å². The van der Waals surface area contributed by atoms with Crippen LogP contribution in [0.4, 0.5) is 18.9 Å². The summed E-state index contributed by atoms with van der Waals surface area (Å²) in [5, 5.41) is 2.68. The van der Waals surface area contributed by atoms with E-state index in [1.54, 1.807) is 17.8 Å². The Kier molecular flexibility index (Phi) is 5.46. The van der Waals surface area contributed by atoms with Gasteiger partial charge in [-0.1, -0.05) is 11.6 Å². The molecule has 0 heterocycles. The van der Waals surface area contributed by atoms with Gasteiger partial charge in [-0.3, -0.25) is 0 Å². The fourth-order valence-electron chi connectivity index (χ4n) is 1.30. The lowest BCUT2D eigenvalue weighted by Gasteiger charge is -2.12. The molecule has 0 saturated carbocycles. The largest absolute Gasteiger partial charge is 0.417 e. The zero-order valence-corrected chi connectivity index (χ0v) is 10.8. The van der Waals surface area contributed by atoms with Crippen LogP contribution in [-0.2, 0) is 6.18 Å². The molecule has 0 aliphatic heterocycles. The van der Waals surface area contributed by atoms with E-state index in [0.29, 0.717) is 12.2 Å². The van der Waals surface area contributed by atoms with Crippen LogP contribution in [-0.4, -0.2) is 18.6 Å². The maximum Gasteiger partial charge on any atom is 0.417 e. The highest BCUT2D eigenvalue weighted by atomic mass is 35.5. The van der Waals surface area contributed by atoms with Gasteiger partial charge in [0.1, 0.15) is 0 Å². The number of thioether (sulfide) groups is 1. The second-order valence-corrected chi connectivity index (χ2v) is 4.86. The SMILES string of the molecule is CSCCCNc1ccc(Cl)c(C(F)(F)F)c1. The highest BCUT2D eigenvalue weighted by molar-refractivity contribution is 7.98. The average molecular weight is 284 g/mol. The first-order valence-electron chi connectivity index (χ1n) is 5.04. The molecule has 0 aliphatic carbocycles. The van der Waals surface area contributed by atoms with Crippen molar-refractivity contribution in [3.05, 3.63) is 28.8 Å².